The predicted molar refractivity (Wildman–Crippen MR) is 79.1 cm³/mol. The van der Waals surface area contributed by atoms with E-state index in [4.69, 9.17) is 10.00 Å². The van der Waals surface area contributed by atoms with E-state index >= 15 is 0 Å². The number of hydrogen-bond acceptors (Lipinski definition) is 4. The summed E-state index contributed by atoms with van der Waals surface area (Å²) in [5, 5.41) is 19.0. The number of aliphatic hydroxyl groups excluding tert-OH is 1. The van der Waals surface area contributed by atoms with Gasteiger partial charge in [-0.25, -0.2) is 0 Å². The molecule has 22 heavy (non-hydrogen) atoms. The maximum Gasteiger partial charge on any atom is 0.270 e. The van der Waals surface area contributed by atoms with Gasteiger partial charge in [-0.2, -0.15) is 5.26 Å². The van der Waals surface area contributed by atoms with Crippen LogP contribution in [0.5, 0.6) is 0 Å². The molecule has 0 bridgehead atoms. The molecule has 2 N–H and O–H groups in total. The highest BCUT2D eigenvalue weighted by molar-refractivity contribution is 5.93. The second-order valence-electron chi connectivity index (χ2n) is 6.13. The van der Waals surface area contributed by atoms with Gasteiger partial charge in [-0.15, -0.1) is 0 Å². The number of ether oxygens (including phenoxy) is 1. The summed E-state index contributed by atoms with van der Waals surface area (Å²) < 4.78 is 5.73. The van der Waals surface area contributed by atoms with Crippen molar-refractivity contribution in [2.45, 2.75) is 38.4 Å². The summed E-state index contributed by atoms with van der Waals surface area (Å²) in [6, 6.07) is 3.59. The Bertz CT molecular complexity index is 594. The molecule has 118 valence electrons. The number of rotatable bonds is 3. The van der Waals surface area contributed by atoms with E-state index in [1.807, 2.05) is 13.0 Å². The molecule has 1 saturated carbocycles. The lowest BCUT2D eigenvalue weighted by molar-refractivity contribution is -0.207. The van der Waals surface area contributed by atoms with Crippen molar-refractivity contribution < 1.29 is 14.6 Å². The Kier molecular flexibility index (Phi) is 3.94. The van der Waals surface area contributed by atoms with Gasteiger partial charge in [-0.1, -0.05) is 0 Å². The van der Waals surface area contributed by atoms with Crippen LogP contribution in [0.3, 0.4) is 0 Å². The van der Waals surface area contributed by atoms with Gasteiger partial charge in [0.15, 0.2) is 0 Å². The van der Waals surface area contributed by atoms with Crippen molar-refractivity contribution in [1.82, 2.24) is 9.88 Å². The zero-order chi connectivity index (χ0) is 15.7. The van der Waals surface area contributed by atoms with E-state index in [0.717, 1.165) is 12.8 Å². The summed E-state index contributed by atoms with van der Waals surface area (Å²) in [5.74, 6) is -0.0851. The number of nitriles is 1. The largest absolute Gasteiger partial charge is 0.392 e. The van der Waals surface area contributed by atoms with Crippen LogP contribution in [0.15, 0.2) is 12.3 Å². The van der Waals surface area contributed by atoms with Crippen LogP contribution >= 0.6 is 0 Å². The molecule has 1 saturated heterocycles. The molecule has 0 radical (unpaired) electrons. The molecule has 1 aliphatic heterocycles. The van der Waals surface area contributed by atoms with Crippen LogP contribution in [0.25, 0.3) is 0 Å². The van der Waals surface area contributed by atoms with Crippen molar-refractivity contribution >= 4 is 5.91 Å². The quantitative estimate of drug-likeness (QED) is 0.880. The number of carbonyl (C=O) groups excluding carboxylic acids is 1. The molecule has 1 aromatic heterocycles. The molecule has 1 amide bonds. The van der Waals surface area contributed by atoms with Gasteiger partial charge in [0, 0.05) is 37.7 Å². The third kappa shape index (κ3) is 2.31. The van der Waals surface area contributed by atoms with Crippen molar-refractivity contribution in [3.05, 3.63) is 23.5 Å². The number of piperidine rings is 1. The Labute approximate surface area is 129 Å². The summed E-state index contributed by atoms with van der Waals surface area (Å²) in [4.78, 5) is 17.1. The number of aromatic amines is 1. The van der Waals surface area contributed by atoms with Crippen LogP contribution in [0.2, 0.25) is 0 Å². The van der Waals surface area contributed by atoms with Crippen LogP contribution in [0.1, 0.15) is 42.2 Å². The number of amides is 1. The lowest BCUT2D eigenvalue weighted by Gasteiger charge is -2.56. The molecule has 2 fully saturated rings. The van der Waals surface area contributed by atoms with Gasteiger partial charge < -0.3 is 19.7 Å². The molecule has 1 aromatic rings. The molecular weight excluding hydrogens is 282 g/mol. The molecule has 2 aliphatic rings. The van der Waals surface area contributed by atoms with E-state index in [1.54, 1.807) is 17.2 Å². The van der Waals surface area contributed by atoms with E-state index < -0.39 is 0 Å². The number of nitrogens with one attached hydrogen (secondary N) is 1. The van der Waals surface area contributed by atoms with E-state index in [-0.39, 0.29) is 23.5 Å². The number of carbonyl (C=O) groups is 1. The smallest absolute Gasteiger partial charge is 0.270 e. The van der Waals surface area contributed by atoms with Crippen molar-refractivity contribution in [2.24, 2.45) is 5.41 Å². The van der Waals surface area contributed by atoms with Crippen molar-refractivity contribution in [3.63, 3.8) is 0 Å². The van der Waals surface area contributed by atoms with Crippen LogP contribution in [0, 0.1) is 16.7 Å². The third-order valence-corrected chi connectivity index (χ3v) is 5.13. The molecule has 1 spiro atoms. The molecule has 0 aromatic carbocycles. The summed E-state index contributed by atoms with van der Waals surface area (Å²) in [5.41, 5.74) is 0.728. The normalized spacial score (nSPS) is 26.5. The predicted octanol–water partition coefficient (Wildman–Crippen LogP) is 1.28. The number of H-pyrrole nitrogens is 1. The Hall–Kier alpha value is -1.84. The van der Waals surface area contributed by atoms with Crippen LogP contribution in [-0.2, 0) is 4.74 Å². The second kappa shape index (κ2) is 5.75. The van der Waals surface area contributed by atoms with Crippen LogP contribution in [0.4, 0.5) is 0 Å². The third-order valence-electron chi connectivity index (χ3n) is 5.13. The Morgan fingerprint density at radius 2 is 2.32 bits per heavy atom. The van der Waals surface area contributed by atoms with Gasteiger partial charge in [0.2, 0.25) is 0 Å². The van der Waals surface area contributed by atoms with Crippen molar-refractivity contribution in [2.75, 3.05) is 19.7 Å². The fourth-order valence-corrected chi connectivity index (χ4v) is 3.70. The minimum absolute atomic E-state index is 0.0851. The van der Waals surface area contributed by atoms with Gasteiger partial charge in [-0.05, 0) is 25.8 Å². The highest BCUT2D eigenvalue weighted by Gasteiger charge is 2.56. The monoisotopic (exact) mass is 303 g/mol. The molecule has 2 heterocycles. The number of aromatic nitrogens is 1. The molecule has 1 aliphatic carbocycles. The summed E-state index contributed by atoms with van der Waals surface area (Å²) >= 11 is 0. The fraction of sp³-hybridized carbons (Fsp3) is 0.625. The van der Waals surface area contributed by atoms with Gasteiger partial charge >= 0.3 is 0 Å². The van der Waals surface area contributed by atoms with Gasteiger partial charge in [0.1, 0.15) is 11.8 Å². The van der Waals surface area contributed by atoms with E-state index in [1.165, 1.54) is 0 Å². The number of likely N-dealkylation sites (tertiary alicyclic amines) is 1. The maximum absolute atomic E-state index is 12.4. The van der Waals surface area contributed by atoms with Crippen LogP contribution in [-0.4, -0.2) is 52.8 Å². The lowest BCUT2D eigenvalue weighted by Crippen LogP contribution is -2.62. The first-order valence-corrected chi connectivity index (χ1v) is 7.78. The molecule has 2 atom stereocenters. The molecule has 0 unspecified atom stereocenters. The summed E-state index contributed by atoms with van der Waals surface area (Å²) in [6.07, 6.45) is 3.55. The SMILES string of the molecule is CCO[C@H]1C[C@@H](O)C12CCN(C(=O)c1cc(C#N)c[nH]1)CC2. The zero-order valence-corrected chi connectivity index (χ0v) is 12.7. The topological polar surface area (TPSA) is 89.3 Å². The van der Waals surface area contributed by atoms with E-state index in [0.29, 0.717) is 37.4 Å². The first kappa shape index (κ1) is 15.1. The molecule has 3 rings (SSSR count). The summed E-state index contributed by atoms with van der Waals surface area (Å²) in [6.45, 7) is 3.84. The minimum atomic E-state index is -0.322. The molecule has 6 heteroatoms. The Morgan fingerprint density at radius 3 is 2.86 bits per heavy atom. The number of aliphatic hydroxyl groups is 1. The van der Waals surface area contributed by atoms with Crippen molar-refractivity contribution in [1.29, 1.82) is 5.26 Å². The molecular formula is C16H21N3O3. The Morgan fingerprint density at radius 1 is 1.59 bits per heavy atom. The maximum atomic E-state index is 12.4. The molecule has 6 nitrogen and oxygen atoms in total. The highest BCUT2D eigenvalue weighted by atomic mass is 16.5. The number of nitrogens with zero attached hydrogens (tertiary/aromatic N) is 2. The minimum Gasteiger partial charge on any atom is -0.392 e. The van der Waals surface area contributed by atoms with Gasteiger partial charge in [-0.3, -0.25) is 4.79 Å². The fourth-order valence-electron chi connectivity index (χ4n) is 3.70. The standard InChI is InChI=1S/C16H21N3O3/c1-2-22-14-8-13(20)16(14)3-5-19(6-4-16)15(21)12-7-11(9-17)10-18-12/h7,10,13-14,18,20H,2-6,8H2,1H3/t13-,14+/m1/s1. The lowest BCUT2D eigenvalue weighted by atomic mass is 9.58. The highest BCUT2D eigenvalue weighted by Crippen LogP contribution is 2.51. The van der Waals surface area contributed by atoms with Gasteiger partial charge in [0.05, 0.1) is 17.8 Å². The van der Waals surface area contributed by atoms with Crippen LogP contribution < -0.4 is 0 Å². The van der Waals surface area contributed by atoms with Gasteiger partial charge in [0.25, 0.3) is 5.91 Å². The first-order valence-electron chi connectivity index (χ1n) is 7.78. The average molecular weight is 303 g/mol. The van der Waals surface area contributed by atoms with E-state index in [9.17, 15) is 9.90 Å². The number of hydrogen-bond donors (Lipinski definition) is 2. The Balaban J connectivity index is 1.64. The first-order chi connectivity index (χ1) is 10.6. The zero-order valence-electron chi connectivity index (χ0n) is 12.7. The second-order valence-corrected chi connectivity index (χ2v) is 6.13. The van der Waals surface area contributed by atoms with E-state index in [2.05, 4.69) is 4.98 Å². The van der Waals surface area contributed by atoms with Crippen molar-refractivity contribution in [3.8, 4) is 6.07 Å². The average Bonchev–Trinajstić information content (AvgIpc) is 3.03. The summed E-state index contributed by atoms with van der Waals surface area (Å²) in [7, 11) is 0.